The average molecular weight is 275 g/mol. The highest BCUT2D eigenvalue weighted by molar-refractivity contribution is 5.46. The fourth-order valence-corrected chi connectivity index (χ4v) is 3.66. The van der Waals surface area contributed by atoms with Crippen LogP contribution in [0.3, 0.4) is 0 Å². The lowest BCUT2D eigenvalue weighted by Crippen LogP contribution is -2.34. The van der Waals surface area contributed by atoms with E-state index in [2.05, 4.69) is 24.4 Å². The highest BCUT2D eigenvalue weighted by atomic mass is 16.5. The number of rotatable bonds is 4. The molecule has 1 saturated carbocycles. The monoisotopic (exact) mass is 275 g/mol. The van der Waals surface area contributed by atoms with Gasteiger partial charge in [0.25, 0.3) is 0 Å². The standard InChI is InChI=1S/C17H25NO2/c1-2-9-18-13-6-3-5-12(10-13)14-7-4-8-16-17(14)15(19)11-20-16/h4,7-8,12-13,15,18-19H,2-3,5-6,9-11H2,1H3. The largest absolute Gasteiger partial charge is 0.490 e. The maximum atomic E-state index is 10.2. The molecule has 3 rings (SSSR count). The van der Waals surface area contributed by atoms with Gasteiger partial charge in [-0.2, -0.15) is 0 Å². The lowest BCUT2D eigenvalue weighted by Gasteiger charge is -2.31. The van der Waals surface area contributed by atoms with Crippen LogP contribution in [-0.2, 0) is 0 Å². The second kappa shape index (κ2) is 6.15. The molecule has 2 N–H and O–H groups in total. The summed E-state index contributed by atoms with van der Waals surface area (Å²) in [6.07, 6.45) is 5.72. The van der Waals surface area contributed by atoms with Gasteiger partial charge in [0, 0.05) is 11.6 Å². The third kappa shape index (κ3) is 2.70. The van der Waals surface area contributed by atoms with Crippen LogP contribution in [0.25, 0.3) is 0 Å². The van der Waals surface area contributed by atoms with E-state index in [1.165, 1.54) is 37.7 Å². The zero-order valence-corrected chi connectivity index (χ0v) is 12.3. The molecule has 20 heavy (non-hydrogen) atoms. The van der Waals surface area contributed by atoms with E-state index >= 15 is 0 Å². The summed E-state index contributed by atoms with van der Waals surface area (Å²) in [7, 11) is 0. The first-order chi connectivity index (χ1) is 9.79. The maximum absolute atomic E-state index is 10.2. The van der Waals surface area contributed by atoms with E-state index in [1.54, 1.807) is 0 Å². The van der Waals surface area contributed by atoms with E-state index in [4.69, 9.17) is 4.74 Å². The summed E-state index contributed by atoms with van der Waals surface area (Å²) >= 11 is 0. The molecule has 0 radical (unpaired) electrons. The molecule has 1 aliphatic heterocycles. The van der Waals surface area contributed by atoms with Gasteiger partial charge in [-0.1, -0.05) is 25.5 Å². The Balaban J connectivity index is 1.77. The van der Waals surface area contributed by atoms with E-state index in [9.17, 15) is 5.11 Å². The van der Waals surface area contributed by atoms with Gasteiger partial charge in [0.2, 0.25) is 0 Å². The van der Waals surface area contributed by atoms with Crippen molar-refractivity contribution in [3.05, 3.63) is 29.3 Å². The number of aliphatic hydroxyl groups excluding tert-OH is 1. The molecule has 3 heteroatoms. The van der Waals surface area contributed by atoms with Gasteiger partial charge in [-0.15, -0.1) is 0 Å². The summed E-state index contributed by atoms with van der Waals surface area (Å²) in [6, 6.07) is 6.85. The van der Waals surface area contributed by atoms with E-state index in [0.717, 1.165) is 17.9 Å². The Morgan fingerprint density at radius 1 is 1.35 bits per heavy atom. The van der Waals surface area contributed by atoms with Crippen LogP contribution in [0.15, 0.2) is 18.2 Å². The summed E-state index contributed by atoms with van der Waals surface area (Å²) in [5.41, 5.74) is 2.36. The Morgan fingerprint density at radius 3 is 3.10 bits per heavy atom. The molecule has 0 bridgehead atoms. The number of fused-ring (bicyclic) bond motifs is 1. The van der Waals surface area contributed by atoms with Gasteiger partial charge in [0.05, 0.1) is 0 Å². The van der Waals surface area contributed by atoms with Crippen molar-refractivity contribution in [2.75, 3.05) is 13.2 Å². The third-order valence-corrected chi connectivity index (χ3v) is 4.63. The van der Waals surface area contributed by atoms with Crippen LogP contribution in [0, 0.1) is 0 Å². The number of ether oxygens (including phenoxy) is 1. The summed E-state index contributed by atoms with van der Waals surface area (Å²) < 4.78 is 5.57. The first kappa shape index (κ1) is 13.9. The average Bonchev–Trinajstić information content (AvgIpc) is 2.87. The first-order valence-electron chi connectivity index (χ1n) is 7.96. The van der Waals surface area contributed by atoms with Crippen molar-refractivity contribution in [3.63, 3.8) is 0 Å². The number of aliphatic hydroxyl groups is 1. The Kier molecular flexibility index (Phi) is 4.27. The van der Waals surface area contributed by atoms with Crippen molar-refractivity contribution < 1.29 is 9.84 Å². The molecule has 0 amide bonds. The summed E-state index contributed by atoms with van der Waals surface area (Å²) in [5.74, 6) is 1.45. The predicted molar refractivity (Wildman–Crippen MR) is 80.2 cm³/mol. The smallest absolute Gasteiger partial charge is 0.125 e. The lowest BCUT2D eigenvalue weighted by molar-refractivity contribution is 0.139. The van der Waals surface area contributed by atoms with Crippen molar-refractivity contribution in [1.82, 2.24) is 5.32 Å². The van der Waals surface area contributed by atoms with Crippen molar-refractivity contribution in [2.24, 2.45) is 0 Å². The lowest BCUT2D eigenvalue weighted by atomic mass is 9.79. The fourth-order valence-electron chi connectivity index (χ4n) is 3.66. The highest BCUT2D eigenvalue weighted by Gasteiger charge is 2.30. The van der Waals surface area contributed by atoms with Crippen LogP contribution >= 0.6 is 0 Å². The molecule has 3 atom stereocenters. The number of benzene rings is 1. The van der Waals surface area contributed by atoms with Crippen LogP contribution in [-0.4, -0.2) is 24.3 Å². The molecule has 1 fully saturated rings. The summed E-state index contributed by atoms with van der Waals surface area (Å²) in [6.45, 7) is 3.73. The summed E-state index contributed by atoms with van der Waals surface area (Å²) in [5, 5.41) is 13.8. The van der Waals surface area contributed by atoms with Crippen LogP contribution in [0.1, 0.15) is 62.2 Å². The first-order valence-corrected chi connectivity index (χ1v) is 7.96. The van der Waals surface area contributed by atoms with E-state index in [1.807, 2.05) is 6.07 Å². The molecular formula is C17H25NO2. The van der Waals surface area contributed by atoms with Crippen molar-refractivity contribution in [3.8, 4) is 5.75 Å². The molecule has 1 heterocycles. The SMILES string of the molecule is CCCNC1CCCC(c2cccc3c2C(O)CO3)C1. The molecule has 1 aromatic rings. The molecule has 0 aromatic heterocycles. The number of hydrogen-bond acceptors (Lipinski definition) is 3. The second-order valence-electron chi connectivity index (χ2n) is 6.10. The number of hydrogen-bond donors (Lipinski definition) is 2. The highest BCUT2D eigenvalue weighted by Crippen LogP contribution is 2.42. The van der Waals surface area contributed by atoms with Crippen molar-refractivity contribution >= 4 is 0 Å². The topological polar surface area (TPSA) is 41.5 Å². The quantitative estimate of drug-likeness (QED) is 0.887. The maximum Gasteiger partial charge on any atom is 0.125 e. The fraction of sp³-hybridized carbons (Fsp3) is 0.647. The summed E-state index contributed by atoms with van der Waals surface area (Å²) in [4.78, 5) is 0. The van der Waals surface area contributed by atoms with Crippen LogP contribution in [0.5, 0.6) is 5.75 Å². The minimum atomic E-state index is -0.440. The van der Waals surface area contributed by atoms with Gasteiger partial charge in [0.1, 0.15) is 18.5 Å². The van der Waals surface area contributed by atoms with Gasteiger partial charge in [-0.25, -0.2) is 0 Å². The van der Waals surface area contributed by atoms with Gasteiger partial charge in [-0.05, 0) is 49.8 Å². The molecule has 3 unspecified atom stereocenters. The second-order valence-corrected chi connectivity index (χ2v) is 6.10. The normalized spacial score (nSPS) is 29.0. The van der Waals surface area contributed by atoms with Crippen LogP contribution < -0.4 is 10.1 Å². The van der Waals surface area contributed by atoms with Crippen LogP contribution in [0.4, 0.5) is 0 Å². The Bertz CT molecular complexity index is 460. The van der Waals surface area contributed by atoms with Gasteiger partial charge < -0.3 is 15.2 Å². The van der Waals surface area contributed by atoms with Gasteiger partial charge >= 0.3 is 0 Å². The molecule has 0 saturated heterocycles. The Hall–Kier alpha value is -1.06. The van der Waals surface area contributed by atoms with Gasteiger partial charge in [-0.3, -0.25) is 0 Å². The molecule has 3 nitrogen and oxygen atoms in total. The van der Waals surface area contributed by atoms with Crippen LogP contribution in [0.2, 0.25) is 0 Å². The molecule has 110 valence electrons. The number of nitrogens with one attached hydrogen (secondary N) is 1. The minimum absolute atomic E-state index is 0.413. The Labute approximate surface area is 121 Å². The van der Waals surface area contributed by atoms with Crippen molar-refractivity contribution in [2.45, 2.75) is 57.1 Å². The minimum Gasteiger partial charge on any atom is -0.490 e. The van der Waals surface area contributed by atoms with E-state index in [-0.39, 0.29) is 0 Å². The zero-order valence-electron chi connectivity index (χ0n) is 12.3. The molecule has 0 spiro atoms. The molecular weight excluding hydrogens is 250 g/mol. The van der Waals surface area contributed by atoms with E-state index < -0.39 is 6.10 Å². The van der Waals surface area contributed by atoms with Gasteiger partial charge in [0.15, 0.2) is 0 Å². The zero-order chi connectivity index (χ0) is 13.9. The van der Waals surface area contributed by atoms with Crippen molar-refractivity contribution in [1.29, 1.82) is 0 Å². The molecule has 2 aliphatic rings. The predicted octanol–water partition coefficient (Wildman–Crippen LogP) is 3.14. The van der Waals surface area contributed by atoms with E-state index in [0.29, 0.717) is 18.6 Å². The third-order valence-electron chi connectivity index (χ3n) is 4.63. The molecule has 1 aromatic carbocycles. The molecule has 1 aliphatic carbocycles. The Morgan fingerprint density at radius 2 is 2.25 bits per heavy atom.